The van der Waals surface area contributed by atoms with Crippen molar-refractivity contribution in [2.45, 2.75) is 20.8 Å². The van der Waals surface area contributed by atoms with E-state index < -0.39 is 0 Å². The molecule has 0 spiro atoms. The van der Waals surface area contributed by atoms with E-state index in [2.05, 4.69) is 38.8 Å². The number of halogens is 1. The molecule has 122 valence electrons. The zero-order valence-electron chi connectivity index (χ0n) is 13.8. The smallest absolute Gasteiger partial charge is 0.146 e. The monoisotopic (exact) mass is 339 g/mol. The number of aromatic nitrogens is 3. The average molecular weight is 340 g/mol. The standard InChI is InChI=1S/C18H18ClN5/c1-12-7-8-13(2)16(10-12)24-18(19)15(14(3)23-24)11-21-22-17-6-4-5-9-20-17/h4-11H,1-3H3,(H,20,22)/b21-11-. The molecule has 0 saturated heterocycles. The molecule has 0 aliphatic rings. The van der Waals surface area contributed by atoms with Gasteiger partial charge in [-0.15, -0.1) is 0 Å². The molecule has 0 amide bonds. The summed E-state index contributed by atoms with van der Waals surface area (Å²) in [6.07, 6.45) is 3.37. The van der Waals surface area contributed by atoms with E-state index in [0.29, 0.717) is 11.0 Å². The van der Waals surface area contributed by atoms with Crippen molar-refractivity contribution in [1.82, 2.24) is 14.8 Å². The van der Waals surface area contributed by atoms with Crippen LogP contribution in [0.25, 0.3) is 5.69 Å². The quantitative estimate of drug-likeness (QED) is 0.569. The van der Waals surface area contributed by atoms with Gasteiger partial charge in [-0.3, -0.25) is 5.43 Å². The van der Waals surface area contributed by atoms with Gasteiger partial charge in [0, 0.05) is 6.20 Å². The fraction of sp³-hybridized carbons (Fsp3) is 0.167. The minimum Gasteiger partial charge on any atom is -0.261 e. The first-order valence-electron chi connectivity index (χ1n) is 7.59. The number of hydrazone groups is 1. The zero-order valence-corrected chi connectivity index (χ0v) is 14.5. The Labute approximate surface area is 146 Å². The lowest BCUT2D eigenvalue weighted by Crippen LogP contribution is -2.00. The summed E-state index contributed by atoms with van der Waals surface area (Å²) < 4.78 is 1.75. The summed E-state index contributed by atoms with van der Waals surface area (Å²) in [7, 11) is 0. The maximum Gasteiger partial charge on any atom is 0.146 e. The van der Waals surface area contributed by atoms with Gasteiger partial charge in [0.1, 0.15) is 11.0 Å². The second kappa shape index (κ2) is 6.84. The lowest BCUT2D eigenvalue weighted by atomic mass is 10.1. The molecule has 0 radical (unpaired) electrons. The minimum absolute atomic E-state index is 0.535. The van der Waals surface area contributed by atoms with Crippen molar-refractivity contribution in [3.63, 3.8) is 0 Å². The molecular formula is C18H18ClN5. The van der Waals surface area contributed by atoms with E-state index in [0.717, 1.165) is 28.1 Å². The van der Waals surface area contributed by atoms with Gasteiger partial charge in [0.2, 0.25) is 0 Å². The Morgan fingerprint density at radius 2 is 2.00 bits per heavy atom. The topological polar surface area (TPSA) is 55.1 Å². The molecule has 3 aromatic rings. The van der Waals surface area contributed by atoms with E-state index in [9.17, 15) is 0 Å². The summed E-state index contributed by atoms with van der Waals surface area (Å²) in [4.78, 5) is 4.15. The maximum atomic E-state index is 6.54. The van der Waals surface area contributed by atoms with Crippen molar-refractivity contribution in [1.29, 1.82) is 0 Å². The Balaban J connectivity index is 1.91. The lowest BCUT2D eigenvalue weighted by molar-refractivity contribution is 0.855. The van der Waals surface area contributed by atoms with Crippen molar-refractivity contribution in [2.75, 3.05) is 5.43 Å². The van der Waals surface area contributed by atoms with Gasteiger partial charge >= 0.3 is 0 Å². The molecule has 24 heavy (non-hydrogen) atoms. The first-order valence-corrected chi connectivity index (χ1v) is 7.97. The van der Waals surface area contributed by atoms with Crippen LogP contribution in [0, 0.1) is 20.8 Å². The summed E-state index contributed by atoms with van der Waals surface area (Å²) in [5.41, 5.74) is 7.71. The number of nitrogens with zero attached hydrogens (tertiary/aromatic N) is 4. The number of pyridine rings is 1. The molecule has 1 N–H and O–H groups in total. The van der Waals surface area contributed by atoms with Gasteiger partial charge in [-0.25, -0.2) is 9.67 Å². The lowest BCUT2D eigenvalue weighted by Gasteiger charge is -2.08. The molecule has 6 heteroatoms. The molecule has 2 aromatic heterocycles. The van der Waals surface area contributed by atoms with Gasteiger partial charge < -0.3 is 0 Å². The maximum absolute atomic E-state index is 6.54. The van der Waals surface area contributed by atoms with Gasteiger partial charge in [-0.1, -0.05) is 29.8 Å². The zero-order chi connectivity index (χ0) is 17.1. The Kier molecular flexibility index (Phi) is 4.62. The second-order valence-corrected chi connectivity index (χ2v) is 5.93. The van der Waals surface area contributed by atoms with Crippen molar-refractivity contribution in [3.8, 4) is 5.69 Å². The Morgan fingerprint density at radius 3 is 2.75 bits per heavy atom. The summed E-state index contributed by atoms with van der Waals surface area (Å²) >= 11 is 6.54. The molecule has 0 aliphatic heterocycles. The molecule has 1 aromatic carbocycles. The van der Waals surface area contributed by atoms with Crippen LogP contribution in [0.2, 0.25) is 5.15 Å². The summed E-state index contributed by atoms with van der Waals surface area (Å²) in [6.45, 7) is 6.00. The summed E-state index contributed by atoms with van der Waals surface area (Å²) in [5.74, 6) is 0.671. The molecule has 0 atom stereocenters. The van der Waals surface area contributed by atoms with Crippen LogP contribution in [-0.4, -0.2) is 21.0 Å². The Bertz CT molecular complexity index is 884. The molecule has 0 unspecified atom stereocenters. The number of hydrogen-bond donors (Lipinski definition) is 1. The second-order valence-electron chi connectivity index (χ2n) is 5.58. The predicted octanol–water partition coefficient (Wildman–Crippen LogP) is 4.29. The van der Waals surface area contributed by atoms with E-state index >= 15 is 0 Å². The Hall–Kier alpha value is -2.66. The highest BCUT2D eigenvalue weighted by atomic mass is 35.5. The first kappa shape index (κ1) is 16.2. The summed E-state index contributed by atoms with van der Waals surface area (Å²) in [5, 5.41) is 9.30. The number of aryl methyl sites for hydroxylation is 3. The Morgan fingerprint density at radius 1 is 1.17 bits per heavy atom. The van der Waals surface area contributed by atoms with E-state index in [1.807, 2.05) is 39.0 Å². The highest BCUT2D eigenvalue weighted by Crippen LogP contribution is 2.24. The van der Waals surface area contributed by atoms with Crippen LogP contribution in [0.15, 0.2) is 47.7 Å². The summed E-state index contributed by atoms with van der Waals surface area (Å²) in [6, 6.07) is 11.8. The van der Waals surface area contributed by atoms with Crippen LogP contribution in [-0.2, 0) is 0 Å². The van der Waals surface area contributed by atoms with Crippen LogP contribution in [0.5, 0.6) is 0 Å². The van der Waals surface area contributed by atoms with Gasteiger partial charge in [-0.2, -0.15) is 10.2 Å². The molecule has 3 rings (SSSR count). The SMILES string of the molecule is Cc1ccc(C)c(-n2nc(C)c(/C=N\Nc3ccccn3)c2Cl)c1. The molecule has 0 fully saturated rings. The van der Waals surface area contributed by atoms with Crippen molar-refractivity contribution < 1.29 is 0 Å². The van der Waals surface area contributed by atoms with Gasteiger partial charge in [0.15, 0.2) is 0 Å². The van der Waals surface area contributed by atoms with E-state index in [1.54, 1.807) is 17.1 Å². The normalized spacial score (nSPS) is 11.2. The fourth-order valence-electron chi connectivity index (χ4n) is 2.36. The third-order valence-corrected chi connectivity index (χ3v) is 4.04. The number of rotatable bonds is 4. The number of nitrogens with one attached hydrogen (secondary N) is 1. The molecule has 5 nitrogen and oxygen atoms in total. The van der Waals surface area contributed by atoms with Crippen molar-refractivity contribution >= 4 is 23.6 Å². The number of hydrogen-bond acceptors (Lipinski definition) is 4. The molecule has 0 bridgehead atoms. The number of anilines is 1. The molecule has 2 heterocycles. The van der Waals surface area contributed by atoms with Crippen molar-refractivity contribution in [3.05, 3.63) is 70.1 Å². The molecule has 0 saturated carbocycles. The first-order chi connectivity index (χ1) is 11.6. The minimum atomic E-state index is 0.535. The van der Waals surface area contributed by atoms with Gasteiger partial charge in [0.25, 0.3) is 0 Å². The highest BCUT2D eigenvalue weighted by Gasteiger charge is 2.14. The van der Waals surface area contributed by atoms with Gasteiger partial charge in [0.05, 0.1) is 23.2 Å². The fourth-order valence-corrected chi connectivity index (χ4v) is 2.67. The molecule has 0 aliphatic carbocycles. The van der Waals surface area contributed by atoms with E-state index in [4.69, 9.17) is 11.6 Å². The van der Waals surface area contributed by atoms with E-state index in [-0.39, 0.29) is 0 Å². The average Bonchev–Trinajstić information content (AvgIpc) is 2.86. The number of benzene rings is 1. The van der Waals surface area contributed by atoms with Crippen molar-refractivity contribution in [2.24, 2.45) is 5.10 Å². The third-order valence-electron chi connectivity index (χ3n) is 3.68. The predicted molar refractivity (Wildman–Crippen MR) is 98.2 cm³/mol. The van der Waals surface area contributed by atoms with Crippen LogP contribution < -0.4 is 5.43 Å². The third kappa shape index (κ3) is 3.31. The van der Waals surface area contributed by atoms with Crippen LogP contribution in [0.3, 0.4) is 0 Å². The largest absolute Gasteiger partial charge is 0.261 e. The van der Waals surface area contributed by atoms with Crippen LogP contribution in [0.4, 0.5) is 5.82 Å². The van der Waals surface area contributed by atoms with Crippen LogP contribution >= 0.6 is 11.6 Å². The molecular weight excluding hydrogens is 322 g/mol. The highest BCUT2D eigenvalue weighted by molar-refractivity contribution is 6.32. The van der Waals surface area contributed by atoms with E-state index in [1.165, 1.54) is 0 Å². The van der Waals surface area contributed by atoms with Gasteiger partial charge in [-0.05, 0) is 50.1 Å². The van der Waals surface area contributed by atoms with Crippen LogP contribution in [0.1, 0.15) is 22.4 Å².